The summed E-state index contributed by atoms with van der Waals surface area (Å²) in [6.07, 6.45) is 1.03. The summed E-state index contributed by atoms with van der Waals surface area (Å²) in [5.41, 5.74) is 6.40. The molecule has 5 heteroatoms. The molecule has 0 fully saturated rings. The van der Waals surface area contributed by atoms with Gasteiger partial charge in [0.1, 0.15) is 5.82 Å². The highest BCUT2D eigenvalue weighted by atomic mass is 16.1. The zero-order chi connectivity index (χ0) is 21.4. The van der Waals surface area contributed by atoms with Crippen molar-refractivity contribution < 1.29 is 4.79 Å². The van der Waals surface area contributed by atoms with Crippen molar-refractivity contribution in [3.8, 4) is 17.1 Å². The van der Waals surface area contributed by atoms with E-state index < -0.39 is 0 Å². The lowest BCUT2D eigenvalue weighted by Crippen LogP contribution is -2.25. The van der Waals surface area contributed by atoms with E-state index in [-0.39, 0.29) is 5.91 Å². The van der Waals surface area contributed by atoms with Crippen molar-refractivity contribution in [2.24, 2.45) is 0 Å². The van der Waals surface area contributed by atoms with Crippen LogP contribution in [0, 0.1) is 0 Å². The second-order valence-corrected chi connectivity index (χ2v) is 7.89. The summed E-state index contributed by atoms with van der Waals surface area (Å²) in [5.74, 6) is 0.747. The average Bonchev–Trinajstić information content (AvgIpc) is 3.14. The Kier molecular flexibility index (Phi) is 5.04. The molecule has 3 aromatic carbocycles. The van der Waals surface area contributed by atoms with Crippen molar-refractivity contribution in [1.29, 1.82) is 0 Å². The third-order valence-electron chi connectivity index (χ3n) is 6.14. The number of imidazole rings is 1. The van der Waals surface area contributed by atoms with Gasteiger partial charge in [-0.3, -0.25) is 9.36 Å². The Balaban J connectivity index is 1.60. The summed E-state index contributed by atoms with van der Waals surface area (Å²) in [7, 11) is 0. The van der Waals surface area contributed by atoms with E-state index in [2.05, 4.69) is 52.9 Å². The highest BCUT2D eigenvalue weighted by Crippen LogP contribution is 2.36. The lowest BCUT2D eigenvalue weighted by molar-refractivity contribution is 0.102. The highest BCUT2D eigenvalue weighted by molar-refractivity contribution is 6.14. The number of carbonyl (C=O) groups is 1. The van der Waals surface area contributed by atoms with E-state index in [9.17, 15) is 4.79 Å². The molecule has 5 rings (SSSR count). The number of rotatable bonds is 6. The fourth-order valence-electron chi connectivity index (χ4n) is 4.35. The number of nitrogens with zero attached hydrogens (tertiary/aromatic N) is 3. The van der Waals surface area contributed by atoms with E-state index in [1.807, 2.05) is 42.5 Å². The van der Waals surface area contributed by atoms with Crippen LogP contribution in [0.1, 0.15) is 29.8 Å². The number of benzene rings is 3. The van der Waals surface area contributed by atoms with Crippen LogP contribution >= 0.6 is 0 Å². The van der Waals surface area contributed by atoms with Gasteiger partial charge < -0.3 is 10.2 Å². The van der Waals surface area contributed by atoms with E-state index in [0.29, 0.717) is 5.56 Å². The van der Waals surface area contributed by atoms with Crippen molar-refractivity contribution in [3.63, 3.8) is 0 Å². The van der Waals surface area contributed by atoms with Gasteiger partial charge >= 0.3 is 0 Å². The maximum Gasteiger partial charge on any atom is 0.257 e. The Morgan fingerprint density at radius 1 is 0.935 bits per heavy atom. The van der Waals surface area contributed by atoms with Crippen molar-refractivity contribution >= 4 is 22.6 Å². The molecule has 31 heavy (non-hydrogen) atoms. The molecular weight excluding hydrogens is 384 g/mol. The summed E-state index contributed by atoms with van der Waals surface area (Å²) in [4.78, 5) is 20.2. The SMILES string of the molecule is CCN(CC)CCc1ccc(-c2nc3cccc4c3n2-c2ccccc2NC4=O)cc1. The molecule has 0 saturated carbocycles. The number of aromatic nitrogens is 2. The minimum atomic E-state index is -0.102. The van der Waals surface area contributed by atoms with Gasteiger partial charge in [0, 0.05) is 12.1 Å². The second-order valence-electron chi connectivity index (χ2n) is 7.89. The minimum Gasteiger partial charge on any atom is -0.320 e. The lowest BCUT2D eigenvalue weighted by atomic mass is 10.1. The Bertz CT molecular complexity index is 1250. The fraction of sp³-hybridized carbons (Fsp3) is 0.231. The normalized spacial score (nSPS) is 12.7. The highest BCUT2D eigenvalue weighted by Gasteiger charge is 2.25. The van der Waals surface area contributed by atoms with E-state index >= 15 is 0 Å². The number of amides is 1. The predicted octanol–water partition coefficient (Wildman–Crippen LogP) is 5.14. The van der Waals surface area contributed by atoms with Crippen molar-refractivity contribution in [3.05, 3.63) is 77.9 Å². The number of nitrogens with one attached hydrogen (secondary N) is 1. The maximum atomic E-state index is 12.9. The minimum absolute atomic E-state index is 0.102. The van der Waals surface area contributed by atoms with Crippen LogP contribution in [-0.2, 0) is 6.42 Å². The first kappa shape index (κ1) is 19.5. The maximum absolute atomic E-state index is 12.9. The molecule has 0 atom stereocenters. The molecule has 0 saturated heterocycles. The van der Waals surface area contributed by atoms with Crippen molar-refractivity contribution in [1.82, 2.24) is 14.5 Å². The van der Waals surface area contributed by atoms with Crippen LogP contribution in [0.4, 0.5) is 5.69 Å². The van der Waals surface area contributed by atoms with Gasteiger partial charge in [-0.2, -0.15) is 0 Å². The van der Waals surface area contributed by atoms with Crippen LogP contribution in [0.15, 0.2) is 66.7 Å². The molecule has 1 aliphatic heterocycles. The molecule has 1 aliphatic rings. The van der Waals surface area contributed by atoms with E-state index in [1.165, 1.54) is 5.56 Å². The standard InChI is InChI=1S/C26H26N4O/c1-3-29(4-2)17-16-18-12-14-19(15-13-18)25-27-22-10-7-8-20-24(22)30(25)23-11-6-5-9-21(23)28-26(20)31/h5-15H,3-4,16-17H2,1-2H3,(H,28,31). The topological polar surface area (TPSA) is 50.2 Å². The first-order chi connectivity index (χ1) is 15.2. The summed E-state index contributed by atoms with van der Waals surface area (Å²) >= 11 is 0. The molecule has 0 bridgehead atoms. The lowest BCUT2D eigenvalue weighted by Gasteiger charge is -2.17. The van der Waals surface area contributed by atoms with E-state index in [1.54, 1.807) is 0 Å². The number of fused-ring (bicyclic) bond motifs is 2. The molecular formula is C26H26N4O. The Labute approximate surface area is 182 Å². The molecule has 1 amide bonds. The Morgan fingerprint density at radius 3 is 2.48 bits per heavy atom. The van der Waals surface area contributed by atoms with E-state index in [4.69, 9.17) is 4.98 Å². The van der Waals surface area contributed by atoms with Gasteiger partial charge in [0.2, 0.25) is 0 Å². The molecule has 4 aromatic rings. The van der Waals surface area contributed by atoms with Crippen LogP contribution in [0.25, 0.3) is 28.1 Å². The van der Waals surface area contributed by atoms with Gasteiger partial charge in [0.15, 0.2) is 0 Å². The number of carbonyl (C=O) groups excluding carboxylic acids is 1. The molecule has 0 unspecified atom stereocenters. The Hall–Kier alpha value is -3.44. The number of hydrogen-bond acceptors (Lipinski definition) is 3. The number of anilines is 1. The van der Waals surface area contributed by atoms with Crippen LogP contribution in [0.5, 0.6) is 0 Å². The summed E-state index contributed by atoms with van der Waals surface area (Å²) in [6, 6.07) is 22.3. The number of likely N-dealkylation sites (N-methyl/N-ethyl adjacent to an activating group) is 1. The fourth-order valence-corrected chi connectivity index (χ4v) is 4.35. The molecule has 5 nitrogen and oxygen atoms in total. The van der Waals surface area contributed by atoms with Gasteiger partial charge in [-0.25, -0.2) is 4.98 Å². The van der Waals surface area contributed by atoms with Gasteiger partial charge in [0.05, 0.1) is 28.0 Å². The smallest absolute Gasteiger partial charge is 0.257 e. The zero-order valence-electron chi connectivity index (χ0n) is 17.9. The molecule has 0 spiro atoms. The number of para-hydroxylation sites is 3. The summed E-state index contributed by atoms with van der Waals surface area (Å²) in [6.45, 7) is 7.63. The van der Waals surface area contributed by atoms with E-state index in [0.717, 1.165) is 59.9 Å². The predicted molar refractivity (Wildman–Crippen MR) is 126 cm³/mol. The molecule has 1 N–H and O–H groups in total. The third-order valence-corrected chi connectivity index (χ3v) is 6.14. The van der Waals surface area contributed by atoms with Gasteiger partial charge in [-0.05, 0) is 49.3 Å². The van der Waals surface area contributed by atoms with Gasteiger partial charge in [-0.15, -0.1) is 0 Å². The Morgan fingerprint density at radius 2 is 1.71 bits per heavy atom. The van der Waals surface area contributed by atoms with Crippen LogP contribution in [0.3, 0.4) is 0 Å². The molecule has 0 radical (unpaired) electrons. The van der Waals surface area contributed by atoms with Gasteiger partial charge in [0.25, 0.3) is 5.91 Å². The zero-order valence-corrected chi connectivity index (χ0v) is 17.9. The quantitative estimate of drug-likeness (QED) is 0.479. The monoisotopic (exact) mass is 410 g/mol. The average molecular weight is 411 g/mol. The third kappa shape index (κ3) is 3.41. The molecule has 0 aliphatic carbocycles. The largest absolute Gasteiger partial charge is 0.320 e. The van der Waals surface area contributed by atoms with Crippen LogP contribution in [-0.4, -0.2) is 40.0 Å². The van der Waals surface area contributed by atoms with Crippen LogP contribution in [0.2, 0.25) is 0 Å². The summed E-state index contributed by atoms with van der Waals surface area (Å²) in [5, 5.41) is 3.05. The van der Waals surface area contributed by atoms with Crippen molar-refractivity contribution in [2.75, 3.05) is 25.0 Å². The summed E-state index contributed by atoms with van der Waals surface area (Å²) < 4.78 is 2.11. The number of hydrogen-bond donors (Lipinski definition) is 1. The molecule has 1 aromatic heterocycles. The first-order valence-electron chi connectivity index (χ1n) is 10.9. The van der Waals surface area contributed by atoms with Gasteiger partial charge in [-0.1, -0.05) is 56.3 Å². The molecule has 156 valence electrons. The second kappa shape index (κ2) is 8.00. The first-order valence-corrected chi connectivity index (χ1v) is 10.9. The molecule has 2 heterocycles. The van der Waals surface area contributed by atoms with Crippen molar-refractivity contribution in [2.45, 2.75) is 20.3 Å². The van der Waals surface area contributed by atoms with Crippen LogP contribution < -0.4 is 5.32 Å².